The fourth-order valence-corrected chi connectivity index (χ4v) is 1.50. The highest BCUT2D eigenvalue weighted by Crippen LogP contribution is 2.19. The van der Waals surface area contributed by atoms with E-state index in [-0.39, 0.29) is 24.5 Å². The molecule has 120 valence electrons. The molecule has 0 unspecified atom stereocenters. The van der Waals surface area contributed by atoms with E-state index in [1.807, 2.05) is 0 Å². The standard InChI is InChI=1S/C12H16N4O6/c1-3-22-11(18)12(2,19)6-15-10-8(9(13)17)4-7(5-14-10)16(20)21/h4-5,19H,3,6H2,1-2H3,(H2,13,17)(H,14,15)/t12-/m0/s1. The molecular weight excluding hydrogens is 296 g/mol. The van der Waals surface area contributed by atoms with E-state index in [0.29, 0.717) is 0 Å². The average Bonchev–Trinajstić information content (AvgIpc) is 2.45. The van der Waals surface area contributed by atoms with Crippen molar-refractivity contribution in [3.8, 4) is 0 Å². The summed E-state index contributed by atoms with van der Waals surface area (Å²) < 4.78 is 4.69. The van der Waals surface area contributed by atoms with Crippen LogP contribution in [0.15, 0.2) is 12.3 Å². The number of amides is 1. The number of nitrogens with two attached hydrogens (primary N) is 1. The fourth-order valence-electron chi connectivity index (χ4n) is 1.50. The second-order valence-corrected chi connectivity index (χ2v) is 4.56. The normalized spacial score (nSPS) is 13.0. The van der Waals surface area contributed by atoms with Crippen molar-refractivity contribution in [2.75, 3.05) is 18.5 Å². The van der Waals surface area contributed by atoms with Crippen LogP contribution >= 0.6 is 0 Å². The number of carbonyl (C=O) groups is 2. The van der Waals surface area contributed by atoms with Crippen molar-refractivity contribution in [1.82, 2.24) is 4.98 Å². The molecule has 0 saturated carbocycles. The van der Waals surface area contributed by atoms with Crippen molar-refractivity contribution < 1.29 is 24.4 Å². The van der Waals surface area contributed by atoms with Crippen LogP contribution in [-0.2, 0) is 9.53 Å². The summed E-state index contributed by atoms with van der Waals surface area (Å²) in [6.07, 6.45) is 0.924. The van der Waals surface area contributed by atoms with Gasteiger partial charge in [0.25, 0.3) is 11.6 Å². The Bertz CT molecular complexity index is 601. The Morgan fingerprint density at radius 2 is 2.23 bits per heavy atom. The zero-order valence-electron chi connectivity index (χ0n) is 12.0. The molecule has 0 aliphatic rings. The number of nitro groups is 1. The Morgan fingerprint density at radius 1 is 1.59 bits per heavy atom. The maximum absolute atomic E-state index is 11.5. The highest BCUT2D eigenvalue weighted by molar-refractivity contribution is 5.98. The average molecular weight is 312 g/mol. The van der Waals surface area contributed by atoms with Crippen LogP contribution in [0.2, 0.25) is 0 Å². The summed E-state index contributed by atoms with van der Waals surface area (Å²) in [4.78, 5) is 36.5. The molecule has 1 aromatic rings. The number of anilines is 1. The number of hydrogen-bond donors (Lipinski definition) is 3. The van der Waals surface area contributed by atoms with Crippen LogP contribution in [0, 0.1) is 10.1 Å². The number of pyridine rings is 1. The lowest BCUT2D eigenvalue weighted by Crippen LogP contribution is -2.43. The molecule has 0 saturated heterocycles. The molecule has 0 radical (unpaired) electrons. The molecule has 1 aromatic heterocycles. The van der Waals surface area contributed by atoms with Crippen molar-refractivity contribution >= 4 is 23.4 Å². The van der Waals surface area contributed by atoms with Gasteiger partial charge in [-0.05, 0) is 13.8 Å². The molecule has 22 heavy (non-hydrogen) atoms. The van der Waals surface area contributed by atoms with Gasteiger partial charge in [0, 0.05) is 6.07 Å². The SMILES string of the molecule is CCOC(=O)[C@@](C)(O)CNc1ncc([N+](=O)[O-])cc1C(N)=O. The van der Waals surface area contributed by atoms with Gasteiger partial charge in [-0.2, -0.15) is 0 Å². The van der Waals surface area contributed by atoms with Gasteiger partial charge in [-0.25, -0.2) is 9.78 Å². The Labute approximate surface area is 125 Å². The maximum atomic E-state index is 11.5. The van der Waals surface area contributed by atoms with Gasteiger partial charge in [0.1, 0.15) is 12.0 Å². The first kappa shape index (κ1) is 17.3. The van der Waals surface area contributed by atoms with E-state index in [1.54, 1.807) is 6.92 Å². The van der Waals surface area contributed by atoms with Crippen LogP contribution < -0.4 is 11.1 Å². The van der Waals surface area contributed by atoms with Crippen LogP contribution in [-0.4, -0.2) is 45.6 Å². The molecule has 0 spiro atoms. The highest BCUT2D eigenvalue weighted by atomic mass is 16.6. The third kappa shape index (κ3) is 4.12. The topological polar surface area (TPSA) is 158 Å². The summed E-state index contributed by atoms with van der Waals surface area (Å²) in [5, 5.41) is 23.2. The van der Waals surface area contributed by atoms with Crippen LogP contribution in [0.1, 0.15) is 24.2 Å². The second-order valence-electron chi connectivity index (χ2n) is 4.56. The van der Waals surface area contributed by atoms with Gasteiger partial charge in [-0.1, -0.05) is 0 Å². The number of nitrogens with one attached hydrogen (secondary N) is 1. The maximum Gasteiger partial charge on any atom is 0.339 e. The minimum absolute atomic E-state index is 0.0809. The smallest absolute Gasteiger partial charge is 0.339 e. The number of aliphatic hydroxyl groups is 1. The van der Waals surface area contributed by atoms with Gasteiger partial charge in [-0.15, -0.1) is 0 Å². The molecule has 1 rings (SSSR count). The molecule has 0 aliphatic heterocycles. The summed E-state index contributed by atoms with van der Waals surface area (Å²) in [6.45, 7) is 2.58. The van der Waals surface area contributed by atoms with Gasteiger partial charge in [0.05, 0.1) is 23.6 Å². The minimum Gasteiger partial charge on any atom is -0.464 e. The van der Waals surface area contributed by atoms with Gasteiger partial charge < -0.3 is 20.9 Å². The molecule has 0 fully saturated rings. The number of nitrogens with zero attached hydrogens (tertiary/aromatic N) is 2. The first-order valence-electron chi connectivity index (χ1n) is 6.26. The minimum atomic E-state index is -1.87. The molecule has 10 heteroatoms. The van der Waals surface area contributed by atoms with E-state index in [9.17, 15) is 24.8 Å². The van der Waals surface area contributed by atoms with Crippen LogP contribution in [0.5, 0.6) is 0 Å². The Kier molecular flexibility index (Phi) is 5.35. The summed E-state index contributed by atoms with van der Waals surface area (Å²) in [7, 11) is 0. The summed E-state index contributed by atoms with van der Waals surface area (Å²) in [5.74, 6) is -1.87. The summed E-state index contributed by atoms with van der Waals surface area (Å²) in [5.41, 5.74) is 2.63. The molecular formula is C12H16N4O6. The number of primary amides is 1. The van der Waals surface area contributed by atoms with Gasteiger partial charge in [0.15, 0.2) is 5.60 Å². The van der Waals surface area contributed by atoms with E-state index in [1.165, 1.54) is 6.92 Å². The molecule has 4 N–H and O–H groups in total. The Morgan fingerprint density at radius 3 is 2.73 bits per heavy atom. The first-order chi connectivity index (χ1) is 10.2. The monoisotopic (exact) mass is 312 g/mol. The number of rotatable bonds is 7. The van der Waals surface area contributed by atoms with Crippen molar-refractivity contribution in [1.29, 1.82) is 0 Å². The number of hydrogen-bond acceptors (Lipinski definition) is 8. The van der Waals surface area contributed by atoms with Gasteiger partial charge >= 0.3 is 5.97 Å². The number of ether oxygens (including phenoxy) is 1. The van der Waals surface area contributed by atoms with Crippen molar-refractivity contribution in [2.24, 2.45) is 5.73 Å². The zero-order chi connectivity index (χ0) is 16.9. The predicted octanol–water partition coefficient (Wildman–Crippen LogP) is -0.185. The van der Waals surface area contributed by atoms with Crippen LogP contribution in [0.3, 0.4) is 0 Å². The largest absolute Gasteiger partial charge is 0.464 e. The molecule has 10 nitrogen and oxygen atoms in total. The molecule has 0 aromatic carbocycles. The summed E-state index contributed by atoms with van der Waals surface area (Å²) >= 11 is 0. The lowest BCUT2D eigenvalue weighted by atomic mass is 10.1. The van der Waals surface area contributed by atoms with Gasteiger partial charge in [0.2, 0.25) is 0 Å². The molecule has 0 aliphatic carbocycles. The number of esters is 1. The van der Waals surface area contributed by atoms with Crippen molar-refractivity contribution in [3.05, 3.63) is 27.9 Å². The van der Waals surface area contributed by atoms with Crippen molar-refractivity contribution in [2.45, 2.75) is 19.4 Å². The highest BCUT2D eigenvalue weighted by Gasteiger charge is 2.32. The first-order valence-corrected chi connectivity index (χ1v) is 6.26. The molecule has 1 atom stereocenters. The number of aromatic nitrogens is 1. The summed E-state index contributed by atoms with van der Waals surface area (Å²) in [6, 6.07) is 0.955. The fraction of sp³-hybridized carbons (Fsp3) is 0.417. The number of carbonyl (C=O) groups excluding carboxylic acids is 2. The van der Waals surface area contributed by atoms with E-state index in [2.05, 4.69) is 10.3 Å². The zero-order valence-corrected chi connectivity index (χ0v) is 12.0. The van der Waals surface area contributed by atoms with Crippen LogP contribution in [0.25, 0.3) is 0 Å². The third-order valence-electron chi connectivity index (χ3n) is 2.66. The molecule has 1 amide bonds. The van der Waals surface area contributed by atoms with E-state index in [0.717, 1.165) is 12.3 Å². The predicted molar refractivity (Wildman–Crippen MR) is 75.2 cm³/mol. The van der Waals surface area contributed by atoms with Crippen LogP contribution in [0.4, 0.5) is 11.5 Å². The van der Waals surface area contributed by atoms with Crippen molar-refractivity contribution in [3.63, 3.8) is 0 Å². The Balaban J connectivity index is 2.96. The molecule has 1 heterocycles. The second kappa shape index (κ2) is 6.80. The Hall–Kier alpha value is -2.75. The lowest BCUT2D eigenvalue weighted by molar-refractivity contribution is -0.385. The molecule has 0 bridgehead atoms. The van der Waals surface area contributed by atoms with E-state index >= 15 is 0 Å². The van der Waals surface area contributed by atoms with Gasteiger partial charge in [-0.3, -0.25) is 14.9 Å². The van der Waals surface area contributed by atoms with E-state index in [4.69, 9.17) is 10.5 Å². The third-order valence-corrected chi connectivity index (χ3v) is 2.66. The quantitative estimate of drug-likeness (QED) is 0.355. The lowest BCUT2D eigenvalue weighted by Gasteiger charge is -2.22. The van der Waals surface area contributed by atoms with E-state index < -0.39 is 28.1 Å².